The van der Waals surface area contributed by atoms with Gasteiger partial charge in [0.25, 0.3) is 0 Å². The molecule has 2 atom stereocenters. The highest BCUT2D eigenvalue weighted by Gasteiger charge is 2.19. The maximum absolute atomic E-state index is 13.7. The first-order valence-corrected chi connectivity index (χ1v) is 7.80. The highest BCUT2D eigenvalue weighted by atomic mass is 19.1. The molecular formula is C17H26F2N2O2. The maximum atomic E-state index is 13.7. The number of amides is 1. The lowest BCUT2D eigenvalue weighted by molar-refractivity contribution is 0.0502. The summed E-state index contributed by atoms with van der Waals surface area (Å²) in [5, 5.41) is 5.92. The van der Waals surface area contributed by atoms with E-state index in [4.69, 9.17) is 4.74 Å². The first-order chi connectivity index (χ1) is 10.6. The molecule has 0 aliphatic rings. The van der Waals surface area contributed by atoms with Crippen LogP contribution in [0.25, 0.3) is 0 Å². The Bertz CT molecular complexity index is 530. The standard InChI is InChI=1S/C17H26F2N2O2/c1-6-13(21-16(22)23-17(3,4)5)10-20-11(2)14-8-7-12(18)9-15(14)19/h7-9,11,13,20H,6,10H2,1-5H3,(H,21,22). The van der Waals surface area contributed by atoms with Gasteiger partial charge in [0.2, 0.25) is 0 Å². The molecule has 0 bridgehead atoms. The van der Waals surface area contributed by atoms with Gasteiger partial charge in [0.05, 0.1) is 0 Å². The first kappa shape index (κ1) is 19.4. The van der Waals surface area contributed by atoms with Gasteiger partial charge in [-0.3, -0.25) is 0 Å². The van der Waals surface area contributed by atoms with Gasteiger partial charge in [0.1, 0.15) is 17.2 Å². The van der Waals surface area contributed by atoms with E-state index in [9.17, 15) is 13.6 Å². The summed E-state index contributed by atoms with van der Waals surface area (Å²) in [4.78, 5) is 11.8. The van der Waals surface area contributed by atoms with E-state index >= 15 is 0 Å². The first-order valence-electron chi connectivity index (χ1n) is 7.80. The van der Waals surface area contributed by atoms with Crippen LogP contribution < -0.4 is 10.6 Å². The topological polar surface area (TPSA) is 50.4 Å². The largest absolute Gasteiger partial charge is 0.444 e. The summed E-state index contributed by atoms with van der Waals surface area (Å²) in [5.41, 5.74) is -0.168. The minimum absolute atomic E-state index is 0.143. The Kier molecular flexibility index (Phi) is 6.94. The molecule has 6 heteroatoms. The van der Waals surface area contributed by atoms with Crippen LogP contribution in [0.5, 0.6) is 0 Å². The summed E-state index contributed by atoms with van der Waals surface area (Å²) >= 11 is 0. The predicted molar refractivity (Wildman–Crippen MR) is 86.2 cm³/mol. The number of ether oxygens (including phenoxy) is 1. The molecule has 0 saturated carbocycles. The number of carbonyl (C=O) groups excluding carboxylic acids is 1. The minimum atomic E-state index is -0.600. The summed E-state index contributed by atoms with van der Waals surface area (Å²) in [6.07, 6.45) is 0.219. The fourth-order valence-electron chi connectivity index (χ4n) is 2.05. The molecule has 0 radical (unpaired) electrons. The van der Waals surface area contributed by atoms with Gasteiger partial charge in [-0.1, -0.05) is 13.0 Å². The third-order valence-corrected chi connectivity index (χ3v) is 3.31. The molecule has 1 aromatic carbocycles. The summed E-state index contributed by atoms with van der Waals surface area (Å²) in [6, 6.07) is 3.07. The zero-order valence-corrected chi connectivity index (χ0v) is 14.4. The van der Waals surface area contributed by atoms with Crippen LogP contribution in [0.2, 0.25) is 0 Å². The lowest BCUT2D eigenvalue weighted by atomic mass is 10.1. The van der Waals surface area contributed by atoms with E-state index in [1.165, 1.54) is 12.1 Å². The number of rotatable bonds is 6. The highest BCUT2D eigenvalue weighted by molar-refractivity contribution is 5.68. The Morgan fingerprint density at radius 1 is 1.30 bits per heavy atom. The second kappa shape index (κ2) is 8.24. The van der Waals surface area contributed by atoms with E-state index in [0.717, 1.165) is 6.07 Å². The number of benzene rings is 1. The Morgan fingerprint density at radius 3 is 2.48 bits per heavy atom. The van der Waals surface area contributed by atoms with Crippen LogP contribution in [0.3, 0.4) is 0 Å². The molecule has 1 amide bonds. The molecular weight excluding hydrogens is 302 g/mol. The van der Waals surface area contributed by atoms with Crippen molar-refractivity contribution in [1.29, 1.82) is 0 Å². The monoisotopic (exact) mass is 328 g/mol. The van der Waals surface area contributed by atoms with Gasteiger partial charge in [-0.25, -0.2) is 13.6 Å². The van der Waals surface area contributed by atoms with Crippen molar-refractivity contribution in [1.82, 2.24) is 10.6 Å². The van der Waals surface area contributed by atoms with Gasteiger partial charge >= 0.3 is 6.09 Å². The van der Waals surface area contributed by atoms with E-state index in [-0.39, 0.29) is 12.1 Å². The average Bonchev–Trinajstić information content (AvgIpc) is 2.41. The second-order valence-corrected chi connectivity index (χ2v) is 6.55. The van der Waals surface area contributed by atoms with Crippen molar-refractivity contribution in [2.45, 2.75) is 58.7 Å². The van der Waals surface area contributed by atoms with Gasteiger partial charge in [0.15, 0.2) is 0 Å². The molecule has 1 rings (SSSR count). The van der Waals surface area contributed by atoms with Crippen LogP contribution in [-0.2, 0) is 4.74 Å². The summed E-state index contributed by atoms with van der Waals surface area (Å²) in [6.45, 7) is 9.57. The van der Waals surface area contributed by atoms with E-state index in [2.05, 4.69) is 10.6 Å². The van der Waals surface area contributed by atoms with Crippen LogP contribution in [0.4, 0.5) is 13.6 Å². The molecule has 0 heterocycles. The van der Waals surface area contributed by atoms with Crippen molar-refractivity contribution in [3.63, 3.8) is 0 Å². The fraction of sp³-hybridized carbons (Fsp3) is 0.588. The van der Waals surface area contributed by atoms with Crippen molar-refractivity contribution in [3.8, 4) is 0 Å². The smallest absolute Gasteiger partial charge is 0.407 e. The number of alkyl carbamates (subject to hydrolysis) is 1. The predicted octanol–water partition coefficient (Wildman–Crippen LogP) is 3.92. The molecule has 0 fully saturated rings. The highest BCUT2D eigenvalue weighted by Crippen LogP contribution is 2.17. The van der Waals surface area contributed by atoms with E-state index < -0.39 is 23.3 Å². The van der Waals surface area contributed by atoms with Crippen LogP contribution in [0, 0.1) is 11.6 Å². The second-order valence-electron chi connectivity index (χ2n) is 6.55. The minimum Gasteiger partial charge on any atom is -0.444 e. The molecule has 0 spiro atoms. The third-order valence-electron chi connectivity index (χ3n) is 3.31. The van der Waals surface area contributed by atoms with Crippen molar-refractivity contribution in [2.75, 3.05) is 6.54 Å². The van der Waals surface area contributed by atoms with Crippen LogP contribution in [-0.4, -0.2) is 24.3 Å². The summed E-state index contributed by atoms with van der Waals surface area (Å²) in [5.74, 6) is -1.19. The number of carbonyl (C=O) groups is 1. The van der Waals surface area contributed by atoms with E-state index in [1.54, 1.807) is 27.7 Å². The van der Waals surface area contributed by atoms with Gasteiger partial charge in [-0.2, -0.15) is 0 Å². The van der Waals surface area contributed by atoms with Gasteiger partial charge in [0, 0.05) is 30.3 Å². The molecule has 0 saturated heterocycles. The Hall–Kier alpha value is -1.69. The molecule has 0 aliphatic carbocycles. The Morgan fingerprint density at radius 2 is 1.96 bits per heavy atom. The van der Waals surface area contributed by atoms with Crippen molar-refractivity contribution in [3.05, 3.63) is 35.4 Å². The van der Waals surface area contributed by atoms with Crippen LogP contribution in [0.1, 0.15) is 52.6 Å². The quantitative estimate of drug-likeness (QED) is 0.832. The number of nitrogens with one attached hydrogen (secondary N) is 2. The zero-order valence-electron chi connectivity index (χ0n) is 14.4. The third kappa shape index (κ3) is 6.95. The number of hydrogen-bond donors (Lipinski definition) is 2. The normalized spacial score (nSPS) is 14.2. The van der Waals surface area contributed by atoms with Crippen molar-refractivity contribution in [2.24, 2.45) is 0 Å². The molecule has 23 heavy (non-hydrogen) atoms. The average molecular weight is 328 g/mol. The molecule has 2 N–H and O–H groups in total. The molecule has 0 aromatic heterocycles. The number of halogens is 2. The zero-order chi connectivity index (χ0) is 17.6. The molecule has 0 aliphatic heterocycles. The molecule has 4 nitrogen and oxygen atoms in total. The van der Waals surface area contributed by atoms with E-state index in [0.29, 0.717) is 18.5 Å². The summed E-state index contributed by atoms with van der Waals surface area (Å²) in [7, 11) is 0. The van der Waals surface area contributed by atoms with Crippen molar-refractivity contribution >= 4 is 6.09 Å². The van der Waals surface area contributed by atoms with Gasteiger partial charge < -0.3 is 15.4 Å². The van der Waals surface area contributed by atoms with Crippen LogP contribution in [0.15, 0.2) is 18.2 Å². The van der Waals surface area contributed by atoms with E-state index in [1.807, 2.05) is 6.92 Å². The van der Waals surface area contributed by atoms with Gasteiger partial charge in [-0.05, 0) is 40.2 Å². The SMILES string of the molecule is CCC(CNC(C)c1ccc(F)cc1F)NC(=O)OC(C)(C)C. The fourth-order valence-corrected chi connectivity index (χ4v) is 2.05. The number of hydrogen-bond acceptors (Lipinski definition) is 3. The Labute approximate surface area is 136 Å². The lowest BCUT2D eigenvalue weighted by Gasteiger charge is -2.24. The molecule has 2 unspecified atom stereocenters. The lowest BCUT2D eigenvalue weighted by Crippen LogP contribution is -2.44. The Balaban J connectivity index is 2.55. The molecule has 1 aromatic rings. The van der Waals surface area contributed by atoms with Crippen molar-refractivity contribution < 1.29 is 18.3 Å². The van der Waals surface area contributed by atoms with Crippen LogP contribution >= 0.6 is 0 Å². The summed E-state index contributed by atoms with van der Waals surface area (Å²) < 4.78 is 31.9. The molecule has 130 valence electrons. The van der Waals surface area contributed by atoms with Gasteiger partial charge in [-0.15, -0.1) is 0 Å². The maximum Gasteiger partial charge on any atom is 0.407 e.